The van der Waals surface area contributed by atoms with Gasteiger partial charge >= 0.3 is 0 Å². The summed E-state index contributed by atoms with van der Waals surface area (Å²) in [6.07, 6.45) is 9.20. The number of thiophene rings is 1. The van der Waals surface area contributed by atoms with Crippen LogP contribution < -0.4 is 5.73 Å². The number of hydrogen-bond acceptors (Lipinski definition) is 3. The molecular weight excluding hydrogens is 276 g/mol. The van der Waals surface area contributed by atoms with E-state index in [1.54, 1.807) is 11.3 Å². The monoisotopic (exact) mass is 298 g/mol. The summed E-state index contributed by atoms with van der Waals surface area (Å²) < 4.78 is 0.859. The minimum atomic E-state index is 0.130. The van der Waals surface area contributed by atoms with Gasteiger partial charge in [-0.05, 0) is 50.9 Å². The summed E-state index contributed by atoms with van der Waals surface area (Å²) in [6.45, 7) is 2.46. The van der Waals surface area contributed by atoms with Gasteiger partial charge in [0.15, 0.2) is 0 Å². The third kappa shape index (κ3) is 2.58. The summed E-state index contributed by atoms with van der Waals surface area (Å²) in [4.78, 5) is 3.96. The van der Waals surface area contributed by atoms with E-state index in [1.807, 2.05) is 6.07 Å². The van der Waals surface area contributed by atoms with Gasteiger partial charge in [0.1, 0.15) is 0 Å². The Bertz CT molecular complexity index is 420. The lowest BCUT2D eigenvalue weighted by Crippen LogP contribution is -2.55. The molecule has 0 amide bonds. The molecule has 2 fully saturated rings. The van der Waals surface area contributed by atoms with E-state index in [4.69, 9.17) is 17.3 Å². The smallest absolute Gasteiger partial charge is 0.0931 e. The summed E-state index contributed by atoms with van der Waals surface area (Å²) in [5, 5.41) is 0. The van der Waals surface area contributed by atoms with Crippen LogP contribution in [0, 0.1) is 0 Å². The Balaban J connectivity index is 1.86. The molecule has 1 aliphatic heterocycles. The maximum atomic E-state index is 6.69. The van der Waals surface area contributed by atoms with Crippen molar-refractivity contribution in [3.63, 3.8) is 0 Å². The summed E-state index contributed by atoms with van der Waals surface area (Å²) in [5.74, 6) is 0. The van der Waals surface area contributed by atoms with Crippen LogP contribution in [-0.2, 0) is 0 Å². The fourth-order valence-corrected chi connectivity index (χ4v) is 5.08. The first-order chi connectivity index (χ1) is 9.22. The maximum absolute atomic E-state index is 6.69. The molecule has 0 spiro atoms. The largest absolute Gasteiger partial charge is 0.322 e. The van der Waals surface area contributed by atoms with E-state index >= 15 is 0 Å². The van der Waals surface area contributed by atoms with Crippen LogP contribution in [0.25, 0.3) is 0 Å². The first-order valence-electron chi connectivity index (χ1n) is 7.48. The fraction of sp³-hybridized carbons (Fsp3) is 0.733. The highest BCUT2D eigenvalue weighted by Crippen LogP contribution is 2.46. The molecule has 0 aromatic carbocycles. The van der Waals surface area contributed by atoms with E-state index in [1.165, 1.54) is 62.9 Å². The van der Waals surface area contributed by atoms with Gasteiger partial charge in [0.25, 0.3) is 0 Å². The Kier molecular flexibility index (Phi) is 4.18. The normalized spacial score (nSPS) is 25.6. The molecule has 19 heavy (non-hydrogen) atoms. The SMILES string of the molecule is NC(c1ccc(Cl)s1)C1(N2CCCCC2)CCCC1. The summed E-state index contributed by atoms with van der Waals surface area (Å²) in [6, 6.07) is 4.24. The zero-order valence-electron chi connectivity index (χ0n) is 11.4. The average Bonchev–Trinajstić information content (AvgIpc) is 3.08. The first-order valence-corrected chi connectivity index (χ1v) is 8.68. The molecule has 1 aliphatic carbocycles. The van der Waals surface area contributed by atoms with Crippen LogP contribution in [0.2, 0.25) is 4.34 Å². The zero-order valence-corrected chi connectivity index (χ0v) is 13.0. The average molecular weight is 299 g/mol. The molecule has 1 aromatic rings. The number of nitrogens with two attached hydrogens (primary N) is 1. The van der Waals surface area contributed by atoms with Crippen molar-refractivity contribution in [1.29, 1.82) is 0 Å². The van der Waals surface area contributed by atoms with Crippen LogP contribution in [0.4, 0.5) is 0 Å². The number of likely N-dealkylation sites (tertiary alicyclic amines) is 1. The molecule has 3 rings (SSSR count). The highest BCUT2D eigenvalue weighted by molar-refractivity contribution is 7.16. The second-order valence-electron chi connectivity index (χ2n) is 5.98. The Labute approximate surface area is 124 Å². The van der Waals surface area contributed by atoms with Gasteiger partial charge in [-0.1, -0.05) is 30.9 Å². The predicted octanol–water partition coefficient (Wildman–Crippen LogP) is 4.20. The third-order valence-corrected chi connectivity index (χ3v) is 6.25. The predicted molar refractivity (Wildman–Crippen MR) is 82.9 cm³/mol. The number of halogens is 1. The highest BCUT2D eigenvalue weighted by Gasteiger charge is 2.45. The molecule has 2 N–H and O–H groups in total. The summed E-state index contributed by atoms with van der Waals surface area (Å²) in [7, 11) is 0. The van der Waals surface area contributed by atoms with Gasteiger partial charge in [0, 0.05) is 10.4 Å². The van der Waals surface area contributed by atoms with Crippen molar-refractivity contribution < 1.29 is 0 Å². The fourth-order valence-electron chi connectivity index (χ4n) is 3.91. The van der Waals surface area contributed by atoms with Gasteiger partial charge in [-0.3, -0.25) is 4.90 Å². The second kappa shape index (κ2) is 5.72. The van der Waals surface area contributed by atoms with Crippen LogP contribution in [-0.4, -0.2) is 23.5 Å². The number of nitrogens with zero attached hydrogens (tertiary/aromatic N) is 1. The molecule has 2 heterocycles. The van der Waals surface area contributed by atoms with E-state index in [0.717, 1.165) is 4.34 Å². The van der Waals surface area contributed by atoms with E-state index < -0.39 is 0 Å². The molecule has 1 unspecified atom stereocenters. The first kappa shape index (κ1) is 13.9. The molecule has 1 atom stereocenters. The van der Waals surface area contributed by atoms with Crippen molar-refractivity contribution in [1.82, 2.24) is 4.90 Å². The van der Waals surface area contributed by atoms with E-state index in [-0.39, 0.29) is 11.6 Å². The molecule has 2 aliphatic rings. The van der Waals surface area contributed by atoms with Gasteiger partial charge in [-0.15, -0.1) is 11.3 Å². The van der Waals surface area contributed by atoms with E-state index in [9.17, 15) is 0 Å². The van der Waals surface area contributed by atoms with Crippen LogP contribution in [0.1, 0.15) is 55.9 Å². The van der Waals surface area contributed by atoms with Crippen LogP contribution in [0.3, 0.4) is 0 Å². The number of hydrogen-bond donors (Lipinski definition) is 1. The minimum absolute atomic E-state index is 0.130. The van der Waals surface area contributed by atoms with Gasteiger partial charge in [-0.25, -0.2) is 0 Å². The quantitative estimate of drug-likeness (QED) is 0.906. The van der Waals surface area contributed by atoms with Gasteiger partial charge in [0.05, 0.1) is 10.4 Å². The standard InChI is InChI=1S/C15H23ClN2S/c16-13-7-6-12(19-13)14(17)15(8-2-3-9-15)18-10-4-1-5-11-18/h6-7,14H,1-5,8-11,17H2. The van der Waals surface area contributed by atoms with Crippen molar-refractivity contribution in [2.75, 3.05) is 13.1 Å². The molecule has 0 radical (unpaired) electrons. The lowest BCUT2D eigenvalue weighted by Gasteiger charge is -2.47. The van der Waals surface area contributed by atoms with Crippen molar-refractivity contribution in [3.05, 3.63) is 21.3 Å². The minimum Gasteiger partial charge on any atom is -0.322 e. The van der Waals surface area contributed by atoms with Crippen molar-refractivity contribution in [2.45, 2.75) is 56.5 Å². The molecule has 106 valence electrons. The lowest BCUT2D eigenvalue weighted by atomic mass is 9.84. The van der Waals surface area contributed by atoms with E-state index in [0.29, 0.717) is 0 Å². The number of piperidine rings is 1. The van der Waals surface area contributed by atoms with Crippen LogP contribution in [0.5, 0.6) is 0 Å². The molecule has 0 bridgehead atoms. The third-order valence-electron chi connectivity index (χ3n) is 4.93. The van der Waals surface area contributed by atoms with Gasteiger partial charge in [0.2, 0.25) is 0 Å². The Morgan fingerprint density at radius 1 is 1.11 bits per heavy atom. The Morgan fingerprint density at radius 2 is 1.79 bits per heavy atom. The molecule has 1 saturated carbocycles. The van der Waals surface area contributed by atoms with Crippen LogP contribution >= 0.6 is 22.9 Å². The Hall–Kier alpha value is -0.0900. The second-order valence-corrected chi connectivity index (χ2v) is 7.72. The number of rotatable bonds is 3. The molecular formula is C15H23ClN2S. The van der Waals surface area contributed by atoms with Crippen LogP contribution in [0.15, 0.2) is 12.1 Å². The van der Waals surface area contributed by atoms with E-state index in [2.05, 4.69) is 11.0 Å². The lowest BCUT2D eigenvalue weighted by molar-refractivity contribution is 0.0487. The summed E-state index contributed by atoms with van der Waals surface area (Å²) in [5.41, 5.74) is 6.89. The maximum Gasteiger partial charge on any atom is 0.0931 e. The Morgan fingerprint density at radius 3 is 2.37 bits per heavy atom. The molecule has 2 nitrogen and oxygen atoms in total. The topological polar surface area (TPSA) is 29.3 Å². The molecule has 4 heteroatoms. The molecule has 1 aromatic heterocycles. The van der Waals surface area contributed by atoms with Crippen molar-refractivity contribution in [2.24, 2.45) is 5.73 Å². The molecule has 1 saturated heterocycles. The highest BCUT2D eigenvalue weighted by atomic mass is 35.5. The van der Waals surface area contributed by atoms with Crippen molar-refractivity contribution in [3.8, 4) is 0 Å². The summed E-state index contributed by atoms with van der Waals surface area (Å²) >= 11 is 7.75. The zero-order chi connectivity index (χ0) is 13.3. The van der Waals surface area contributed by atoms with Gasteiger partial charge < -0.3 is 5.73 Å². The van der Waals surface area contributed by atoms with Crippen molar-refractivity contribution >= 4 is 22.9 Å². The van der Waals surface area contributed by atoms with Gasteiger partial charge in [-0.2, -0.15) is 0 Å².